The third-order valence-corrected chi connectivity index (χ3v) is 3.93. The number of carbonyl (C=O) groups excluding carboxylic acids is 1. The van der Waals surface area contributed by atoms with E-state index in [1.165, 1.54) is 4.90 Å². The molecule has 1 aliphatic rings. The van der Waals surface area contributed by atoms with Gasteiger partial charge in [-0.1, -0.05) is 13.0 Å². The average molecular weight is 306 g/mol. The maximum atomic E-state index is 12.0. The molecule has 6 nitrogen and oxygen atoms in total. The number of nitrogens with one attached hydrogen (secondary N) is 1. The quantitative estimate of drug-likeness (QED) is 0.858. The van der Waals surface area contributed by atoms with Gasteiger partial charge in [-0.3, -0.25) is 9.69 Å². The molecule has 122 valence electrons. The Kier molecular flexibility index (Phi) is 6.15. The number of carbonyl (C=O) groups is 1. The van der Waals surface area contributed by atoms with Gasteiger partial charge in [-0.2, -0.15) is 0 Å². The highest BCUT2D eigenvalue weighted by Gasteiger charge is 2.19. The molecule has 6 heteroatoms. The van der Waals surface area contributed by atoms with Gasteiger partial charge in [0.1, 0.15) is 11.5 Å². The molecule has 0 bridgehead atoms. The first-order valence-electron chi connectivity index (χ1n) is 7.86. The monoisotopic (exact) mass is 306 g/mol. The Morgan fingerprint density at radius 3 is 2.77 bits per heavy atom. The predicted molar refractivity (Wildman–Crippen MR) is 87.2 cm³/mol. The van der Waals surface area contributed by atoms with E-state index < -0.39 is 0 Å². The summed E-state index contributed by atoms with van der Waals surface area (Å²) in [6.07, 6.45) is 1.07. The highest BCUT2D eigenvalue weighted by Crippen LogP contribution is 2.11. The Morgan fingerprint density at radius 1 is 1.41 bits per heavy atom. The Labute approximate surface area is 132 Å². The standard InChI is InChI=1S/C16H26N4O2/c1-4-13(20-8-10-22-11-9-20)12-17-15-7-5-6-14(18-15)16(21)19(2)3/h5-7,13H,4,8-12H2,1-3H3,(H,17,18). The number of rotatable bonds is 6. The van der Waals surface area contributed by atoms with Gasteiger partial charge in [-0.15, -0.1) is 0 Å². The summed E-state index contributed by atoms with van der Waals surface area (Å²) in [5, 5.41) is 3.36. The molecule has 1 saturated heterocycles. The van der Waals surface area contributed by atoms with Crippen LogP contribution in [0.15, 0.2) is 18.2 Å². The fourth-order valence-electron chi connectivity index (χ4n) is 2.58. The molecule has 1 amide bonds. The van der Waals surface area contributed by atoms with Crippen LogP contribution in [0.4, 0.5) is 5.82 Å². The Morgan fingerprint density at radius 2 is 2.14 bits per heavy atom. The summed E-state index contributed by atoms with van der Waals surface area (Å²) < 4.78 is 5.41. The van der Waals surface area contributed by atoms with Crippen molar-refractivity contribution in [2.45, 2.75) is 19.4 Å². The molecule has 1 aromatic heterocycles. The van der Waals surface area contributed by atoms with E-state index >= 15 is 0 Å². The summed E-state index contributed by atoms with van der Waals surface area (Å²) in [4.78, 5) is 20.3. The van der Waals surface area contributed by atoms with Crippen LogP contribution < -0.4 is 5.32 Å². The highest BCUT2D eigenvalue weighted by atomic mass is 16.5. The smallest absolute Gasteiger partial charge is 0.272 e. The summed E-state index contributed by atoms with van der Waals surface area (Å²) in [7, 11) is 3.46. The van der Waals surface area contributed by atoms with Crippen LogP contribution in [-0.4, -0.2) is 73.7 Å². The Bertz CT molecular complexity index is 487. The topological polar surface area (TPSA) is 57.7 Å². The van der Waals surface area contributed by atoms with Crippen LogP contribution in [0.5, 0.6) is 0 Å². The van der Waals surface area contributed by atoms with Crippen molar-refractivity contribution < 1.29 is 9.53 Å². The van der Waals surface area contributed by atoms with E-state index in [0.29, 0.717) is 11.7 Å². The lowest BCUT2D eigenvalue weighted by molar-refractivity contribution is 0.0184. The number of ether oxygens (including phenoxy) is 1. The van der Waals surface area contributed by atoms with Crippen molar-refractivity contribution in [3.8, 4) is 0 Å². The first-order chi connectivity index (χ1) is 10.6. The number of hydrogen-bond donors (Lipinski definition) is 1. The fraction of sp³-hybridized carbons (Fsp3) is 0.625. The molecule has 1 N–H and O–H groups in total. The van der Waals surface area contributed by atoms with Gasteiger partial charge in [0.2, 0.25) is 0 Å². The fourth-order valence-corrected chi connectivity index (χ4v) is 2.58. The second kappa shape index (κ2) is 8.10. The van der Waals surface area contributed by atoms with Crippen molar-refractivity contribution in [1.82, 2.24) is 14.8 Å². The van der Waals surface area contributed by atoms with Crippen LogP contribution in [0.2, 0.25) is 0 Å². The number of pyridine rings is 1. The number of nitrogens with zero attached hydrogens (tertiary/aromatic N) is 3. The van der Waals surface area contributed by atoms with E-state index in [2.05, 4.69) is 22.1 Å². The van der Waals surface area contributed by atoms with Gasteiger partial charge in [0.25, 0.3) is 5.91 Å². The van der Waals surface area contributed by atoms with Crippen molar-refractivity contribution in [3.63, 3.8) is 0 Å². The number of morpholine rings is 1. The number of anilines is 1. The van der Waals surface area contributed by atoms with Crippen LogP contribution >= 0.6 is 0 Å². The van der Waals surface area contributed by atoms with Crippen molar-refractivity contribution in [3.05, 3.63) is 23.9 Å². The van der Waals surface area contributed by atoms with Gasteiger partial charge in [-0.05, 0) is 18.6 Å². The van der Waals surface area contributed by atoms with E-state index in [1.807, 2.05) is 12.1 Å². The summed E-state index contributed by atoms with van der Waals surface area (Å²) in [5.41, 5.74) is 0.467. The van der Waals surface area contributed by atoms with Crippen molar-refractivity contribution in [1.29, 1.82) is 0 Å². The molecular weight excluding hydrogens is 280 g/mol. The van der Waals surface area contributed by atoms with Crippen LogP contribution in [0, 0.1) is 0 Å². The van der Waals surface area contributed by atoms with Crippen molar-refractivity contribution >= 4 is 11.7 Å². The van der Waals surface area contributed by atoms with Crippen LogP contribution in [0.1, 0.15) is 23.8 Å². The zero-order valence-corrected chi connectivity index (χ0v) is 13.7. The minimum atomic E-state index is -0.0797. The molecule has 22 heavy (non-hydrogen) atoms. The molecule has 1 aliphatic heterocycles. The van der Waals surface area contributed by atoms with Crippen molar-refractivity contribution in [2.75, 3.05) is 52.3 Å². The van der Waals surface area contributed by atoms with E-state index in [-0.39, 0.29) is 5.91 Å². The predicted octanol–water partition coefficient (Wildman–Crippen LogP) is 1.31. The molecule has 2 heterocycles. The minimum Gasteiger partial charge on any atom is -0.379 e. The second-order valence-corrected chi connectivity index (χ2v) is 5.70. The number of amides is 1. The molecule has 0 radical (unpaired) electrons. The zero-order chi connectivity index (χ0) is 15.9. The highest BCUT2D eigenvalue weighted by molar-refractivity contribution is 5.92. The van der Waals surface area contributed by atoms with Gasteiger partial charge in [-0.25, -0.2) is 4.98 Å². The van der Waals surface area contributed by atoms with Crippen LogP contribution in [0.25, 0.3) is 0 Å². The van der Waals surface area contributed by atoms with Gasteiger partial charge in [0, 0.05) is 39.8 Å². The van der Waals surface area contributed by atoms with E-state index in [1.54, 1.807) is 20.2 Å². The summed E-state index contributed by atoms with van der Waals surface area (Å²) in [5.74, 6) is 0.670. The number of aromatic nitrogens is 1. The molecule has 1 fully saturated rings. The lowest BCUT2D eigenvalue weighted by atomic mass is 10.1. The molecule has 0 aliphatic carbocycles. The van der Waals surface area contributed by atoms with E-state index in [0.717, 1.165) is 45.1 Å². The van der Waals surface area contributed by atoms with E-state index in [9.17, 15) is 4.79 Å². The number of hydrogen-bond acceptors (Lipinski definition) is 5. The lowest BCUT2D eigenvalue weighted by Crippen LogP contribution is -2.46. The van der Waals surface area contributed by atoms with Crippen LogP contribution in [0.3, 0.4) is 0 Å². The normalized spacial score (nSPS) is 17.0. The Balaban J connectivity index is 1.95. The van der Waals surface area contributed by atoms with E-state index in [4.69, 9.17) is 4.74 Å². The maximum absolute atomic E-state index is 12.0. The molecule has 0 aromatic carbocycles. The first kappa shape index (κ1) is 16.7. The van der Waals surface area contributed by atoms with Gasteiger partial charge < -0.3 is 15.0 Å². The largest absolute Gasteiger partial charge is 0.379 e. The molecular formula is C16H26N4O2. The second-order valence-electron chi connectivity index (χ2n) is 5.70. The minimum absolute atomic E-state index is 0.0797. The molecule has 1 unspecified atom stereocenters. The third-order valence-electron chi connectivity index (χ3n) is 3.93. The Hall–Kier alpha value is -1.66. The molecule has 2 rings (SSSR count). The summed E-state index contributed by atoms with van der Waals surface area (Å²) >= 11 is 0. The molecule has 1 atom stereocenters. The van der Waals surface area contributed by atoms with Gasteiger partial charge in [0.15, 0.2) is 0 Å². The molecule has 1 aromatic rings. The third kappa shape index (κ3) is 4.42. The first-order valence-corrected chi connectivity index (χ1v) is 7.86. The summed E-state index contributed by atoms with van der Waals surface area (Å²) in [6.45, 7) is 6.59. The van der Waals surface area contributed by atoms with Gasteiger partial charge in [0.05, 0.1) is 13.2 Å². The average Bonchev–Trinajstić information content (AvgIpc) is 2.56. The summed E-state index contributed by atoms with van der Waals surface area (Å²) in [6, 6.07) is 5.96. The van der Waals surface area contributed by atoms with Crippen LogP contribution in [-0.2, 0) is 4.74 Å². The molecule has 0 spiro atoms. The zero-order valence-electron chi connectivity index (χ0n) is 13.7. The molecule has 0 saturated carbocycles. The van der Waals surface area contributed by atoms with Gasteiger partial charge >= 0.3 is 0 Å². The van der Waals surface area contributed by atoms with Crippen molar-refractivity contribution in [2.24, 2.45) is 0 Å². The lowest BCUT2D eigenvalue weighted by Gasteiger charge is -2.34. The maximum Gasteiger partial charge on any atom is 0.272 e. The SMILES string of the molecule is CCC(CNc1cccc(C(=O)N(C)C)n1)N1CCOCC1.